The Morgan fingerprint density at radius 1 is 1.40 bits per heavy atom. The van der Waals surface area contributed by atoms with E-state index in [0.717, 1.165) is 22.5 Å². The number of aromatic nitrogens is 2. The number of nitrogens with two attached hydrogens (primary N) is 1. The summed E-state index contributed by atoms with van der Waals surface area (Å²) in [5.41, 5.74) is 7.00. The van der Waals surface area contributed by atoms with Gasteiger partial charge in [-0.05, 0) is 37.6 Å². The summed E-state index contributed by atoms with van der Waals surface area (Å²) in [6, 6.07) is 5.34. The molecule has 0 bridgehead atoms. The van der Waals surface area contributed by atoms with Crippen LogP contribution in [0.15, 0.2) is 24.4 Å². The van der Waals surface area contributed by atoms with Gasteiger partial charge in [0.05, 0.1) is 11.9 Å². The molecule has 0 fully saturated rings. The summed E-state index contributed by atoms with van der Waals surface area (Å²) in [5.74, 6) is 5.26. The Labute approximate surface area is 117 Å². The van der Waals surface area contributed by atoms with Crippen LogP contribution in [-0.4, -0.2) is 15.7 Å². The Balaban J connectivity index is 2.05. The van der Waals surface area contributed by atoms with Crippen molar-refractivity contribution in [2.45, 2.75) is 20.4 Å². The fourth-order valence-corrected chi connectivity index (χ4v) is 1.96. The quantitative estimate of drug-likeness (QED) is 0.578. The van der Waals surface area contributed by atoms with Crippen LogP contribution in [0.1, 0.15) is 27.2 Å². The number of carbonyl (C=O) groups is 1. The van der Waals surface area contributed by atoms with E-state index in [2.05, 4.69) is 15.8 Å². The lowest BCUT2D eigenvalue weighted by Gasteiger charge is -2.08. The first-order chi connectivity index (χ1) is 9.52. The first-order valence-corrected chi connectivity index (χ1v) is 6.36. The topological polar surface area (TPSA) is 85.0 Å². The van der Waals surface area contributed by atoms with E-state index in [0.29, 0.717) is 12.1 Å². The molecular weight excluding hydrogens is 254 g/mol. The second-order valence-corrected chi connectivity index (χ2v) is 4.74. The number of nitrogen functional groups attached to an aromatic ring is 1. The number of nitrogens with zero attached hydrogens (tertiary/aromatic N) is 2. The number of hydrogen-bond donors (Lipinski definition) is 3. The van der Waals surface area contributed by atoms with E-state index in [-0.39, 0.29) is 5.91 Å². The number of nitrogens with one attached hydrogen (secondary N) is 2. The van der Waals surface area contributed by atoms with Gasteiger partial charge in [-0.1, -0.05) is 0 Å². The molecule has 4 N–H and O–H groups in total. The third-order valence-corrected chi connectivity index (χ3v) is 3.42. The van der Waals surface area contributed by atoms with Gasteiger partial charge in [-0.25, -0.2) is 0 Å². The average Bonchev–Trinajstić information content (AvgIpc) is 2.76. The molecular formula is C14H19N5O. The van der Waals surface area contributed by atoms with Crippen molar-refractivity contribution in [2.24, 2.45) is 12.9 Å². The lowest BCUT2D eigenvalue weighted by Crippen LogP contribution is -2.23. The van der Waals surface area contributed by atoms with E-state index in [9.17, 15) is 4.79 Å². The third kappa shape index (κ3) is 2.80. The Bertz CT molecular complexity index is 632. The Kier molecular flexibility index (Phi) is 4.05. The Morgan fingerprint density at radius 2 is 2.15 bits per heavy atom. The molecule has 1 amide bonds. The van der Waals surface area contributed by atoms with Crippen LogP contribution in [0.5, 0.6) is 0 Å². The SMILES string of the molecule is Cc1cc(C(=O)NCc2cnn(C)c2C)ccc1NN. The van der Waals surface area contributed by atoms with Crippen molar-refractivity contribution >= 4 is 11.6 Å². The highest BCUT2D eigenvalue weighted by molar-refractivity contribution is 5.94. The van der Waals surface area contributed by atoms with Crippen LogP contribution in [0.25, 0.3) is 0 Å². The van der Waals surface area contributed by atoms with Gasteiger partial charge in [-0.2, -0.15) is 5.10 Å². The smallest absolute Gasteiger partial charge is 0.251 e. The van der Waals surface area contributed by atoms with E-state index < -0.39 is 0 Å². The molecule has 0 saturated carbocycles. The maximum atomic E-state index is 12.1. The number of benzene rings is 1. The van der Waals surface area contributed by atoms with Crippen molar-refractivity contribution < 1.29 is 4.79 Å². The van der Waals surface area contributed by atoms with Gasteiger partial charge in [-0.15, -0.1) is 0 Å². The van der Waals surface area contributed by atoms with Crippen molar-refractivity contribution in [3.63, 3.8) is 0 Å². The summed E-state index contributed by atoms with van der Waals surface area (Å²) in [7, 11) is 1.88. The van der Waals surface area contributed by atoms with Crippen LogP contribution in [-0.2, 0) is 13.6 Å². The van der Waals surface area contributed by atoms with Crippen LogP contribution in [0, 0.1) is 13.8 Å². The molecule has 1 aromatic heterocycles. The van der Waals surface area contributed by atoms with Gasteiger partial charge in [0.2, 0.25) is 0 Å². The molecule has 0 aliphatic heterocycles. The minimum Gasteiger partial charge on any atom is -0.348 e. The van der Waals surface area contributed by atoms with Crippen molar-refractivity contribution in [3.05, 3.63) is 46.8 Å². The highest BCUT2D eigenvalue weighted by Crippen LogP contribution is 2.15. The molecule has 0 spiro atoms. The summed E-state index contributed by atoms with van der Waals surface area (Å²) in [6.07, 6.45) is 1.77. The van der Waals surface area contributed by atoms with Crippen LogP contribution < -0.4 is 16.6 Å². The molecule has 20 heavy (non-hydrogen) atoms. The highest BCUT2D eigenvalue weighted by Gasteiger charge is 2.09. The van der Waals surface area contributed by atoms with Crippen LogP contribution in [0.2, 0.25) is 0 Å². The number of rotatable bonds is 4. The minimum atomic E-state index is -0.111. The van der Waals surface area contributed by atoms with Gasteiger partial charge in [0.1, 0.15) is 0 Å². The normalized spacial score (nSPS) is 10.4. The molecule has 106 valence electrons. The summed E-state index contributed by atoms with van der Waals surface area (Å²) < 4.78 is 1.79. The predicted molar refractivity (Wildman–Crippen MR) is 78.1 cm³/mol. The molecule has 0 radical (unpaired) electrons. The number of anilines is 1. The zero-order valence-electron chi connectivity index (χ0n) is 11.9. The summed E-state index contributed by atoms with van der Waals surface area (Å²) in [6.45, 7) is 4.34. The molecule has 0 unspecified atom stereocenters. The lowest BCUT2D eigenvalue weighted by molar-refractivity contribution is 0.0951. The second-order valence-electron chi connectivity index (χ2n) is 4.74. The monoisotopic (exact) mass is 273 g/mol. The predicted octanol–water partition coefficient (Wildman–Crippen LogP) is 1.25. The van der Waals surface area contributed by atoms with Crippen LogP contribution >= 0.6 is 0 Å². The maximum Gasteiger partial charge on any atom is 0.251 e. The van der Waals surface area contributed by atoms with Gasteiger partial charge in [0.25, 0.3) is 5.91 Å². The zero-order chi connectivity index (χ0) is 14.7. The maximum absolute atomic E-state index is 12.1. The van der Waals surface area contributed by atoms with Crippen molar-refractivity contribution in [1.29, 1.82) is 0 Å². The van der Waals surface area contributed by atoms with Crippen LogP contribution in [0.3, 0.4) is 0 Å². The molecule has 0 saturated heterocycles. The van der Waals surface area contributed by atoms with E-state index >= 15 is 0 Å². The number of amides is 1. The zero-order valence-corrected chi connectivity index (χ0v) is 11.9. The highest BCUT2D eigenvalue weighted by atomic mass is 16.1. The molecule has 6 heteroatoms. The molecule has 0 aliphatic carbocycles. The first kappa shape index (κ1) is 14.1. The Morgan fingerprint density at radius 3 is 2.70 bits per heavy atom. The molecule has 6 nitrogen and oxygen atoms in total. The van der Waals surface area contributed by atoms with Crippen molar-refractivity contribution in [3.8, 4) is 0 Å². The number of hydrogen-bond acceptors (Lipinski definition) is 4. The number of hydrazine groups is 1. The molecule has 2 aromatic rings. The van der Waals surface area contributed by atoms with Gasteiger partial charge in [-0.3, -0.25) is 15.3 Å². The number of aryl methyl sites for hydroxylation is 2. The summed E-state index contributed by atoms with van der Waals surface area (Å²) in [4.78, 5) is 12.1. The largest absolute Gasteiger partial charge is 0.348 e. The standard InChI is InChI=1S/C14H19N5O/c1-9-6-11(4-5-13(9)18-15)14(20)16-7-12-8-17-19(3)10(12)2/h4-6,8,18H,7,15H2,1-3H3,(H,16,20). The fourth-order valence-electron chi connectivity index (χ4n) is 1.96. The minimum absolute atomic E-state index is 0.111. The molecule has 0 atom stereocenters. The van der Waals surface area contributed by atoms with E-state index in [4.69, 9.17) is 5.84 Å². The van der Waals surface area contributed by atoms with Crippen molar-refractivity contribution in [1.82, 2.24) is 15.1 Å². The summed E-state index contributed by atoms with van der Waals surface area (Å²) in [5, 5.41) is 7.04. The van der Waals surface area contributed by atoms with Gasteiger partial charge in [0, 0.05) is 30.4 Å². The van der Waals surface area contributed by atoms with E-state index in [1.165, 1.54) is 0 Å². The van der Waals surface area contributed by atoms with Gasteiger partial charge in [0.15, 0.2) is 0 Å². The Hall–Kier alpha value is -2.34. The van der Waals surface area contributed by atoms with Gasteiger partial charge < -0.3 is 10.7 Å². The first-order valence-electron chi connectivity index (χ1n) is 6.36. The van der Waals surface area contributed by atoms with E-state index in [1.54, 1.807) is 29.1 Å². The molecule has 1 aromatic carbocycles. The van der Waals surface area contributed by atoms with Gasteiger partial charge >= 0.3 is 0 Å². The second kappa shape index (κ2) is 5.75. The average molecular weight is 273 g/mol. The lowest BCUT2D eigenvalue weighted by atomic mass is 10.1. The van der Waals surface area contributed by atoms with Crippen LogP contribution in [0.4, 0.5) is 5.69 Å². The van der Waals surface area contributed by atoms with E-state index in [1.807, 2.05) is 20.9 Å². The van der Waals surface area contributed by atoms with Crippen molar-refractivity contribution in [2.75, 3.05) is 5.43 Å². The third-order valence-electron chi connectivity index (χ3n) is 3.42. The fraction of sp³-hybridized carbons (Fsp3) is 0.286. The number of carbonyl (C=O) groups excluding carboxylic acids is 1. The molecule has 0 aliphatic rings. The molecule has 2 rings (SSSR count). The summed E-state index contributed by atoms with van der Waals surface area (Å²) >= 11 is 0. The molecule has 1 heterocycles.